The molecule has 0 saturated carbocycles. The number of sulfonamides is 1. The quantitative estimate of drug-likeness (QED) is 0.535. The van der Waals surface area contributed by atoms with E-state index in [1.807, 2.05) is 37.3 Å². The zero-order valence-electron chi connectivity index (χ0n) is 19.5. The van der Waals surface area contributed by atoms with Gasteiger partial charge in [0.1, 0.15) is 6.10 Å². The molecule has 0 bridgehead atoms. The molecule has 0 N–H and O–H groups in total. The molecule has 2 atom stereocenters. The second-order valence-electron chi connectivity index (χ2n) is 8.65. The van der Waals surface area contributed by atoms with E-state index in [9.17, 15) is 13.2 Å². The third kappa shape index (κ3) is 6.71. The lowest BCUT2D eigenvalue weighted by atomic mass is 10.1. The summed E-state index contributed by atoms with van der Waals surface area (Å²) < 4.78 is 33.3. The number of carbonyl (C=O) groups excluding carboxylic acids is 1. The van der Waals surface area contributed by atoms with Gasteiger partial charge in [0.2, 0.25) is 10.0 Å². The highest BCUT2D eigenvalue weighted by molar-refractivity contribution is 7.89. The summed E-state index contributed by atoms with van der Waals surface area (Å²) >= 11 is 0. The topological polar surface area (TPSA) is 70.2 Å². The Balaban J connectivity index is 0.00000204. The number of hydrogen-bond donors (Lipinski definition) is 0. The molecule has 0 radical (unpaired) electrons. The average Bonchev–Trinajstić information content (AvgIpc) is 3.16. The third-order valence-electron chi connectivity index (χ3n) is 6.28. The van der Waals surface area contributed by atoms with E-state index in [-0.39, 0.29) is 42.9 Å². The Hall–Kier alpha value is -1.68. The standard InChI is InChI=1S/C24H31N3O4S.2ClH/c1-19-8-10-22(11-9-19)32(29,30)27-14-12-26(13-15-27)23-17-25(18-24(23)31-20(2)28)16-21-6-4-3-5-7-21;;/h3-11,23-24H,12-18H2,1-2H3;2*1H. The Morgan fingerprint density at radius 2 is 1.56 bits per heavy atom. The van der Waals surface area contributed by atoms with Crippen molar-refractivity contribution in [1.82, 2.24) is 14.1 Å². The molecule has 2 aromatic carbocycles. The minimum Gasteiger partial charge on any atom is -0.459 e. The number of likely N-dealkylation sites (tertiary alicyclic amines) is 1. The number of esters is 1. The first kappa shape index (κ1) is 28.6. The number of halogens is 2. The summed E-state index contributed by atoms with van der Waals surface area (Å²) in [5.41, 5.74) is 2.26. The monoisotopic (exact) mass is 529 g/mol. The second-order valence-corrected chi connectivity index (χ2v) is 10.6. The summed E-state index contributed by atoms with van der Waals surface area (Å²) in [6.07, 6.45) is -0.212. The van der Waals surface area contributed by atoms with Crippen molar-refractivity contribution in [2.45, 2.75) is 37.4 Å². The Kier molecular flexibility index (Phi) is 10.4. The number of piperazine rings is 1. The summed E-state index contributed by atoms with van der Waals surface area (Å²) in [5, 5.41) is 0. The first-order chi connectivity index (χ1) is 15.3. The van der Waals surface area contributed by atoms with Crippen LogP contribution in [-0.4, -0.2) is 79.9 Å². The van der Waals surface area contributed by atoms with Gasteiger partial charge in [-0.05, 0) is 24.6 Å². The SMILES string of the molecule is CC(=O)OC1CN(Cc2ccccc2)CC1N1CCN(S(=O)(=O)c2ccc(C)cc2)CC1.Cl.Cl. The van der Waals surface area contributed by atoms with E-state index in [1.165, 1.54) is 12.5 Å². The fourth-order valence-corrected chi connectivity index (χ4v) is 6.04. The molecule has 10 heteroatoms. The van der Waals surface area contributed by atoms with Crippen molar-refractivity contribution in [2.75, 3.05) is 39.3 Å². The summed E-state index contributed by atoms with van der Waals surface area (Å²) in [6.45, 7) is 7.76. The van der Waals surface area contributed by atoms with Gasteiger partial charge in [-0.1, -0.05) is 48.0 Å². The van der Waals surface area contributed by atoms with Gasteiger partial charge in [0.05, 0.1) is 10.9 Å². The summed E-state index contributed by atoms with van der Waals surface area (Å²) in [6, 6.07) is 17.3. The van der Waals surface area contributed by atoms with Crippen molar-refractivity contribution >= 4 is 40.8 Å². The van der Waals surface area contributed by atoms with Crippen molar-refractivity contribution < 1.29 is 17.9 Å². The molecule has 2 unspecified atom stereocenters. The van der Waals surface area contributed by atoms with Crippen LogP contribution in [0.1, 0.15) is 18.1 Å². The molecule has 4 rings (SSSR count). The average molecular weight is 531 g/mol. The van der Waals surface area contributed by atoms with Crippen LogP contribution in [0.15, 0.2) is 59.5 Å². The number of rotatable bonds is 6. The Labute approximate surface area is 214 Å². The molecular weight excluding hydrogens is 497 g/mol. The van der Waals surface area contributed by atoms with Gasteiger partial charge in [-0.25, -0.2) is 8.42 Å². The molecule has 0 spiro atoms. The van der Waals surface area contributed by atoms with Gasteiger partial charge in [0.25, 0.3) is 0 Å². The maximum Gasteiger partial charge on any atom is 0.303 e. The second kappa shape index (κ2) is 12.3. The van der Waals surface area contributed by atoms with Crippen molar-refractivity contribution in [3.63, 3.8) is 0 Å². The molecule has 2 aliphatic heterocycles. The minimum absolute atomic E-state index is 0. The Bertz CT molecular complexity index is 1030. The van der Waals surface area contributed by atoms with Gasteiger partial charge in [-0.2, -0.15) is 4.31 Å². The van der Waals surface area contributed by atoms with Crippen LogP contribution in [0.25, 0.3) is 0 Å². The van der Waals surface area contributed by atoms with Gasteiger partial charge >= 0.3 is 5.97 Å². The lowest BCUT2D eigenvalue weighted by molar-refractivity contribution is -0.148. The summed E-state index contributed by atoms with van der Waals surface area (Å²) in [7, 11) is -3.50. The lowest BCUT2D eigenvalue weighted by Gasteiger charge is -2.38. The predicted molar refractivity (Wildman–Crippen MR) is 137 cm³/mol. The van der Waals surface area contributed by atoms with Crippen molar-refractivity contribution in [2.24, 2.45) is 0 Å². The number of aryl methyl sites for hydroxylation is 1. The molecule has 0 amide bonds. The van der Waals surface area contributed by atoms with E-state index in [4.69, 9.17) is 4.74 Å². The van der Waals surface area contributed by atoms with E-state index in [0.29, 0.717) is 37.6 Å². The molecule has 2 saturated heterocycles. The van der Waals surface area contributed by atoms with Gasteiger partial charge in [-0.15, -0.1) is 24.8 Å². The summed E-state index contributed by atoms with van der Waals surface area (Å²) in [4.78, 5) is 16.6. The fraction of sp³-hybridized carbons (Fsp3) is 0.458. The van der Waals surface area contributed by atoms with Gasteiger partial charge < -0.3 is 4.74 Å². The highest BCUT2D eigenvalue weighted by atomic mass is 35.5. The van der Waals surface area contributed by atoms with Crippen LogP contribution in [0.4, 0.5) is 0 Å². The van der Waals surface area contributed by atoms with Crippen LogP contribution < -0.4 is 0 Å². The van der Waals surface area contributed by atoms with Crippen molar-refractivity contribution in [3.05, 3.63) is 65.7 Å². The van der Waals surface area contributed by atoms with Crippen LogP contribution in [0.2, 0.25) is 0 Å². The largest absolute Gasteiger partial charge is 0.459 e. The number of ether oxygens (including phenoxy) is 1. The van der Waals surface area contributed by atoms with Gasteiger partial charge in [0.15, 0.2) is 0 Å². The lowest BCUT2D eigenvalue weighted by Crippen LogP contribution is -2.55. The number of benzene rings is 2. The fourth-order valence-electron chi connectivity index (χ4n) is 4.62. The third-order valence-corrected chi connectivity index (χ3v) is 8.19. The van der Waals surface area contributed by atoms with Crippen LogP contribution in [0.5, 0.6) is 0 Å². The smallest absolute Gasteiger partial charge is 0.303 e. The first-order valence-electron chi connectivity index (χ1n) is 11.1. The Morgan fingerprint density at radius 3 is 2.15 bits per heavy atom. The maximum atomic E-state index is 13.0. The maximum absolute atomic E-state index is 13.0. The molecule has 2 fully saturated rings. The van der Waals surface area contributed by atoms with Gasteiger partial charge in [-0.3, -0.25) is 14.6 Å². The highest BCUT2D eigenvalue weighted by Gasteiger charge is 2.41. The first-order valence-corrected chi connectivity index (χ1v) is 12.5. The molecular formula is C24H33Cl2N3O4S. The zero-order chi connectivity index (χ0) is 22.7. The Morgan fingerprint density at radius 1 is 0.941 bits per heavy atom. The van der Waals surface area contributed by atoms with E-state index in [2.05, 4.69) is 21.9 Å². The van der Waals surface area contributed by atoms with E-state index in [0.717, 1.165) is 18.7 Å². The van der Waals surface area contributed by atoms with Crippen LogP contribution in [0.3, 0.4) is 0 Å². The summed E-state index contributed by atoms with van der Waals surface area (Å²) in [5.74, 6) is -0.276. The van der Waals surface area contributed by atoms with Crippen molar-refractivity contribution in [3.8, 4) is 0 Å². The predicted octanol–water partition coefficient (Wildman–Crippen LogP) is 2.96. The zero-order valence-corrected chi connectivity index (χ0v) is 21.9. The molecule has 0 aliphatic carbocycles. The number of carbonyl (C=O) groups is 1. The highest BCUT2D eigenvalue weighted by Crippen LogP contribution is 2.25. The molecule has 2 heterocycles. The molecule has 2 aliphatic rings. The molecule has 7 nitrogen and oxygen atoms in total. The van der Waals surface area contributed by atoms with Crippen LogP contribution in [-0.2, 0) is 26.1 Å². The molecule has 188 valence electrons. The van der Waals surface area contributed by atoms with Crippen molar-refractivity contribution in [1.29, 1.82) is 0 Å². The molecule has 0 aromatic heterocycles. The normalized spacial score (nSPS) is 21.9. The van der Waals surface area contributed by atoms with E-state index in [1.54, 1.807) is 16.4 Å². The number of hydrogen-bond acceptors (Lipinski definition) is 6. The van der Waals surface area contributed by atoms with Crippen LogP contribution >= 0.6 is 24.8 Å². The van der Waals surface area contributed by atoms with E-state index < -0.39 is 10.0 Å². The number of nitrogens with zero attached hydrogens (tertiary/aromatic N) is 3. The van der Waals surface area contributed by atoms with Crippen LogP contribution in [0, 0.1) is 6.92 Å². The van der Waals surface area contributed by atoms with Gasteiger partial charge in [0, 0.05) is 52.7 Å². The molecule has 34 heavy (non-hydrogen) atoms. The van der Waals surface area contributed by atoms with E-state index >= 15 is 0 Å². The minimum atomic E-state index is -3.50. The molecule has 2 aromatic rings.